The van der Waals surface area contributed by atoms with Crippen molar-refractivity contribution in [1.29, 1.82) is 0 Å². The van der Waals surface area contributed by atoms with E-state index < -0.39 is 9.84 Å². The van der Waals surface area contributed by atoms with Crippen molar-refractivity contribution in [3.63, 3.8) is 0 Å². The molecule has 2 atom stereocenters. The predicted octanol–water partition coefficient (Wildman–Crippen LogP) is 1.79. The van der Waals surface area contributed by atoms with Crippen molar-refractivity contribution >= 4 is 26.8 Å². The molecule has 2 heterocycles. The molecule has 0 radical (unpaired) electrons. The van der Waals surface area contributed by atoms with Crippen LogP contribution in [0.2, 0.25) is 0 Å². The molecule has 1 saturated heterocycles. The highest BCUT2D eigenvalue weighted by Gasteiger charge is 2.46. The Balaban J connectivity index is 1.81. The smallest absolute Gasteiger partial charge is 0.160 e. The second-order valence-electron chi connectivity index (χ2n) is 5.53. The van der Waals surface area contributed by atoms with E-state index >= 15 is 0 Å². The molecule has 5 nitrogen and oxygen atoms in total. The zero-order valence-electron chi connectivity index (χ0n) is 12.7. The minimum absolute atomic E-state index is 0.0128. The van der Waals surface area contributed by atoms with Crippen LogP contribution in [0.15, 0.2) is 29.3 Å². The fourth-order valence-corrected chi connectivity index (χ4v) is 5.66. The van der Waals surface area contributed by atoms with E-state index in [-0.39, 0.29) is 23.6 Å². The van der Waals surface area contributed by atoms with Crippen LogP contribution in [0.5, 0.6) is 5.75 Å². The summed E-state index contributed by atoms with van der Waals surface area (Å²) in [6.45, 7) is 2.77. The molecule has 0 unspecified atom stereocenters. The molecule has 3 rings (SSSR count). The molecule has 0 N–H and O–H groups in total. The van der Waals surface area contributed by atoms with Crippen LogP contribution in [-0.2, 0) is 16.4 Å². The predicted molar refractivity (Wildman–Crippen MR) is 90.3 cm³/mol. The first-order valence-corrected chi connectivity index (χ1v) is 10.1. The van der Waals surface area contributed by atoms with E-state index in [0.717, 1.165) is 22.2 Å². The Kier molecular flexibility index (Phi) is 4.36. The van der Waals surface area contributed by atoms with Crippen LogP contribution < -0.4 is 4.74 Å². The number of hydrogen-bond donors (Lipinski definition) is 0. The van der Waals surface area contributed by atoms with Gasteiger partial charge in [-0.15, -0.1) is 0 Å². The third kappa shape index (κ3) is 3.10. The molecule has 22 heavy (non-hydrogen) atoms. The second kappa shape index (κ2) is 6.12. The number of nitrogens with zero attached hydrogens (tertiary/aromatic N) is 2. The van der Waals surface area contributed by atoms with Crippen molar-refractivity contribution in [2.45, 2.75) is 25.6 Å². The Morgan fingerprint density at radius 3 is 2.68 bits per heavy atom. The second-order valence-corrected chi connectivity index (χ2v) is 8.92. The SMILES string of the molecule is CCSC1=N[C@@H]2CS(=O)(=O)C[C@@H]2N1Cc1ccc(OC)cc1. The van der Waals surface area contributed by atoms with Crippen LogP contribution in [0.3, 0.4) is 0 Å². The van der Waals surface area contributed by atoms with Gasteiger partial charge in [-0.05, 0) is 23.4 Å². The molecule has 0 saturated carbocycles. The third-order valence-corrected chi connectivity index (χ3v) is 6.59. The van der Waals surface area contributed by atoms with Crippen LogP contribution in [0.25, 0.3) is 0 Å². The van der Waals surface area contributed by atoms with Gasteiger partial charge < -0.3 is 9.64 Å². The Morgan fingerprint density at radius 2 is 2.05 bits per heavy atom. The standard InChI is InChI=1S/C15H20N2O3S2/c1-3-21-15-16-13-9-22(18,19)10-14(13)17(15)8-11-4-6-12(20-2)7-5-11/h4-7,13-14H,3,8-10H2,1-2H3/t13-,14+/m1/s1. The van der Waals surface area contributed by atoms with Gasteiger partial charge in [-0.3, -0.25) is 4.99 Å². The minimum atomic E-state index is -2.96. The highest BCUT2D eigenvalue weighted by molar-refractivity contribution is 8.13. The topological polar surface area (TPSA) is 59.0 Å². The summed E-state index contributed by atoms with van der Waals surface area (Å²) in [5.74, 6) is 2.16. The molecule has 1 aromatic rings. The number of rotatable bonds is 4. The maximum atomic E-state index is 11.9. The molecule has 0 aliphatic carbocycles. The molecule has 1 fully saturated rings. The summed E-state index contributed by atoms with van der Waals surface area (Å²) in [5, 5.41) is 0.975. The summed E-state index contributed by atoms with van der Waals surface area (Å²) < 4.78 is 28.9. The van der Waals surface area contributed by atoms with Gasteiger partial charge in [0.25, 0.3) is 0 Å². The van der Waals surface area contributed by atoms with Gasteiger partial charge >= 0.3 is 0 Å². The van der Waals surface area contributed by atoms with Gasteiger partial charge in [0.2, 0.25) is 0 Å². The van der Waals surface area contributed by atoms with Gasteiger partial charge in [0.1, 0.15) is 5.75 Å². The number of ether oxygens (including phenoxy) is 1. The normalized spacial score (nSPS) is 25.9. The van der Waals surface area contributed by atoms with E-state index in [0.29, 0.717) is 6.54 Å². The minimum Gasteiger partial charge on any atom is -0.497 e. The Hall–Kier alpha value is -1.21. The zero-order valence-corrected chi connectivity index (χ0v) is 14.4. The molecule has 7 heteroatoms. The lowest BCUT2D eigenvalue weighted by Crippen LogP contribution is -2.38. The first kappa shape index (κ1) is 15.7. The maximum Gasteiger partial charge on any atom is 0.160 e. The Labute approximate surface area is 135 Å². The van der Waals surface area contributed by atoms with Gasteiger partial charge in [0, 0.05) is 6.54 Å². The highest BCUT2D eigenvalue weighted by Crippen LogP contribution is 2.32. The van der Waals surface area contributed by atoms with E-state index in [1.54, 1.807) is 18.9 Å². The maximum absolute atomic E-state index is 11.9. The van der Waals surface area contributed by atoms with Crippen LogP contribution in [0.1, 0.15) is 12.5 Å². The van der Waals surface area contributed by atoms with Crippen LogP contribution in [0.4, 0.5) is 0 Å². The highest BCUT2D eigenvalue weighted by atomic mass is 32.2. The van der Waals surface area contributed by atoms with Gasteiger partial charge in [-0.1, -0.05) is 30.8 Å². The van der Waals surface area contributed by atoms with E-state index in [1.165, 1.54) is 0 Å². The zero-order chi connectivity index (χ0) is 15.7. The summed E-state index contributed by atoms with van der Waals surface area (Å²) in [4.78, 5) is 6.81. The van der Waals surface area contributed by atoms with E-state index in [9.17, 15) is 8.42 Å². The lowest BCUT2D eigenvalue weighted by atomic mass is 10.1. The number of methoxy groups -OCH3 is 1. The third-order valence-electron chi connectivity index (χ3n) is 4.00. The Bertz CT molecular complexity index is 671. The van der Waals surface area contributed by atoms with Crippen molar-refractivity contribution in [3.05, 3.63) is 29.8 Å². The lowest BCUT2D eigenvalue weighted by Gasteiger charge is -2.26. The average molecular weight is 340 g/mol. The largest absolute Gasteiger partial charge is 0.497 e. The monoisotopic (exact) mass is 340 g/mol. The van der Waals surface area contributed by atoms with Crippen molar-refractivity contribution in [1.82, 2.24) is 4.90 Å². The molecule has 2 aliphatic rings. The molecule has 0 aromatic heterocycles. The molecular formula is C15H20N2O3S2. The number of sulfone groups is 1. The van der Waals surface area contributed by atoms with Crippen molar-refractivity contribution < 1.29 is 13.2 Å². The molecule has 0 spiro atoms. The quantitative estimate of drug-likeness (QED) is 0.836. The van der Waals surface area contributed by atoms with E-state index in [1.807, 2.05) is 24.3 Å². The van der Waals surface area contributed by atoms with Crippen molar-refractivity contribution in [3.8, 4) is 5.75 Å². The molecule has 0 amide bonds. The summed E-state index contributed by atoms with van der Waals surface area (Å²) >= 11 is 1.69. The van der Waals surface area contributed by atoms with E-state index in [2.05, 4.69) is 16.8 Å². The Morgan fingerprint density at radius 1 is 1.32 bits per heavy atom. The van der Waals surface area contributed by atoms with Crippen molar-refractivity contribution in [2.24, 2.45) is 4.99 Å². The number of fused-ring (bicyclic) bond motifs is 1. The van der Waals surface area contributed by atoms with Gasteiger partial charge in [-0.2, -0.15) is 0 Å². The lowest BCUT2D eigenvalue weighted by molar-refractivity contribution is 0.342. The van der Waals surface area contributed by atoms with Gasteiger partial charge in [0.15, 0.2) is 15.0 Å². The summed E-state index contributed by atoms with van der Waals surface area (Å²) in [7, 11) is -1.31. The molecular weight excluding hydrogens is 320 g/mol. The fourth-order valence-electron chi connectivity index (χ4n) is 2.95. The molecule has 0 bridgehead atoms. The van der Waals surface area contributed by atoms with Gasteiger partial charge in [-0.25, -0.2) is 8.42 Å². The number of hydrogen-bond acceptors (Lipinski definition) is 6. The number of aliphatic imine (C=N–C) groups is 1. The van der Waals surface area contributed by atoms with Crippen LogP contribution in [-0.4, -0.2) is 54.9 Å². The average Bonchev–Trinajstić information content (AvgIpc) is 2.94. The van der Waals surface area contributed by atoms with Gasteiger partial charge in [0.05, 0.1) is 30.7 Å². The fraction of sp³-hybridized carbons (Fsp3) is 0.533. The molecule has 1 aromatic carbocycles. The molecule has 2 aliphatic heterocycles. The van der Waals surface area contributed by atoms with Crippen LogP contribution >= 0.6 is 11.8 Å². The first-order valence-electron chi connectivity index (χ1n) is 7.33. The number of amidine groups is 1. The van der Waals surface area contributed by atoms with Crippen LogP contribution in [0, 0.1) is 0 Å². The summed E-state index contributed by atoms with van der Waals surface area (Å²) in [6, 6.07) is 7.78. The first-order chi connectivity index (χ1) is 10.5. The summed E-state index contributed by atoms with van der Waals surface area (Å²) in [5.41, 5.74) is 1.13. The molecule has 120 valence electrons. The van der Waals surface area contributed by atoms with Crippen molar-refractivity contribution in [2.75, 3.05) is 24.4 Å². The summed E-state index contributed by atoms with van der Waals surface area (Å²) in [6.07, 6.45) is 0. The van der Waals surface area contributed by atoms with E-state index in [4.69, 9.17) is 4.74 Å². The number of thioether (sulfide) groups is 1. The number of benzene rings is 1.